The summed E-state index contributed by atoms with van der Waals surface area (Å²) in [5.41, 5.74) is 1.28. The van der Waals surface area contributed by atoms with Crippen LogP contribution in [0.15, 0.2) is 23.2 Å². The zero-order valence-corrected chi connectivity index (χ0v) is 10.4. The van der Waals surface area contributed by atoms with Gasteiger partial charge in [-0.05, 0) is 30.9 Å². The van der Waals surface area contributed by atoms with Gasteiger partial charge in [0.05, 0.1) is 7.11 Å². The van der Waals surface area contributed by atoms with E-state index in [0.29, 0.717) is 22.7 Å². The lowest BCUT2D eigenvalue weighted by Gasteiger charge is -2.21. The van der Waals surface area contributed by atoms with Gasteiger partial charge in [-0.15, -0.1) is 0 Å². The average Bonchev–Trinajstić information content (AvgIpc) is 3.21. The number of methoxy groups -OCH3 is 1. The number of carboxylic acids is 1. The van der Waals surface area contributed by atoms with Crippen LogP contribution in [0.4, 0.5) is 5.69 Å². The highest BCUT2D eigenvalue weighted by Crippen LogP contribution is 2.43. The van der Waals surface area contributed by atoms with Gasteiger partial charge in [-0.2, -0.15) is 0 Å². The third-order valence-electron chi connectivity index (χ3n) is 3.53. The number of nitrogens with zero attached hydrogens (tertiary/aromatic N) is 1. The Labute approximate surface area is 109 Å². The highest BCUT2D eigenvalue weighted by atomic mass is 16.5. The van der Waals surface area contributed by atoms with Crippen molar-refractivity contribution < 1.29 is 19.4 Å². The van der Waals surface area contributed by atoms with E-state index in [9.17, 15) is 14.7 Å². The van der Waals surface area contributed by atoms with Gasteiger partial charge < -0.3 is 9.84 Å². The Hall–Kier alpha value is -2.17. The minimum absolute atomic E-state index is 0.128. The van der Waals surface area contributed by atoms with Crippen molar-refractivity contribution >= 4 is 23.2 Å². The number of hydrogen-bond acceptors (Lipinski definition) is 4. The number of aliphatic carboxylic acids is 1. The highest BCUT2D eigenvalue weighted by molar-refractivity contribution is 6.28. The molecule has 1 aliphatic carbocycles. The molecule has 1 heterocycles. The topological polar surface area (TPSA) is 76.0 Å². The molecule has 1 N–H and O–H groups in total. The lowest BCUT2D eigenvalue weighted by molar-refractivity contribution is -0.138. The Morgan fingerprint density at radius 1 is 1.42 bits per heavy atom. The van der Waals surface area contributed by atoms with Crippen molar-refractivity contribution in [2.24, 2.45) is 16.8 Å². The Bertz CT molecular complexity index is 601. The second kappa shape index (κ2) is 4.19. The lowest BCUT2D eigenvalue weighted by atomic mass is 9.87. The predicted molar refractivity (Wildman–Crippen MR) is 68.3 cm³/mol. The molecule has 3 rings (SSSR count). The first-order chi connectivity index (χ1) is 9.13. The molecule has 1 aromatic rings. The monoisotopic (exact) mass is 259 g/mol. The number of carboxylic acid groups (broad SMARTS) is 1. The van der Waals surface area contributed by atoms with Crippen molar-refractivity contribution in [3.63, 3.8) is 0 Å². The number of fused-ring (bicyclic) bond motifs is 1. The molecule has 2 aliphatic rings. The summed E-state index contributed by atoms with van der Waals surface area (Å²) < 4.78 is 5.20. The van der Waals surface area contributed by atoms with Crippen LogP contribution in [0.5, 0.6) is 5.75 Å². The molecule has 0 bridgehead atoms. The van der Waals surface area contributed by atoms with Gasteiger partial charge >= 0.3 is 5.97 Å². The molecular weight excluding hydrogens is 246 g/mol. The van der Waals surface area contributed by atoms with Gasteiger partial charge in [0.15, 0.2) is 11.7 Å². The zero-order valence-electron chi connectivity index (χ0n) is 10.4. The molecule has 0 saturated heterocycles. The number of carbonyl (C=O) groups excluding carboxylic acids is 1. The van der Waals surface area contributed by atoms with E-state index in [-0.39, 0.29) is 5.92 Å². The van der Waals surface area contributed by atoms with E-state index in [1.54, 1.807) is 18.2 Å². The van der Waals surface area contributed by atoms with Crippen LogP contribution >= 0.6 is 0 Å². The zero-order chi connectivity index (χ0) is 13.6. The number of carbonyl (C=O) groups is 2. The van der Waals surface area contributed by atoms with Gasteiger partial charge in [-0.1, -0.05) is 6.07 Å². The van der Waals surface area contributed by atoms with Crippen LogP contribution < -0.4 is 4.74 Å². The maximum absolute atomic E-state index is 12.4. The summed E-state index contributed by atoms with van der Waals surface area (Å²) in [4.78, 5) is 28.1. The minimum Gasteiger partial charge on any atom is -0.494 e. The molecule has 1 saturated carbocycles. The number of benzene rings is 1. The van der Waals surface area contributed by atoms with Gasteiger partial charge in [0.1, 0.15) is 11.4 Å². The van der Waals surface area contributed by atoms with Gasteiger partial charge in [0, 0.05) is 11.3 Å². The minimum atomic E-state index is -1.13. The summed E-state index contributed by atoms with van der Waals surface area (Å²) in [6, 6.07) is 5.00. The molecular formula is C14H13NO4. The second-order valence-corrected chi connectivity index (χ2v) is 4.80. The maximum Gasteiger partial charge on any atom is 0.320 e. The van der Waals surface area contributed by atoms with Gasteiger partial charge in [-0.3, -0.25) is 14.6 Å². The third-order valence-corrected chi connectivity index (χ3v) is 3.53. The van der Waals surface area contributed by atoms with E-state index < -0.39 is 17.7 Å². The first kappa shape index (κ1) is 11.9. The molecule has 0 radical (unpaired) electrons. The fourth-order valence-corrected chi connectivity index (χ4v) is 2.43. The lowest BCUT2D eigenvalue weighted by Crippen LogP contribution is -2.35. The molecule has 98 valence electrons. The number of para-hydroxylation sites is 1. The van der Waals surface area contributed by atoms with E-state index in [1.165, 1.54) is 7.11 Å². The molecule has 1 aliphatic heterocycles. The quantitative estimate of drug-likeness (QED) is 0.843. The van der Waals surface area contributed by atoms with Crippen molar-refractivity contribution in [1.82, 2.24) is 0 Å². The van der Waals surface area contributed by atoms with Crippen LogP contribution in [0.25, 0.3) is 0 Å². The SMILES string of the molecule is COc1cccc2c1N=C(C1CC1)C(C(=O)O)C2=O. The Morgan fingerprint density at radius 3 is 2.74 bits per heavy atom. The number of rotatable bonds is 3. The van der Waals surface area contributed by atoms with Crippen LogP contribution in [0, 0.1) is 11.8 Å². The normalized spacial score (nSPS) is 21.6. The molecule has 0 amide bonds. The first-order valence-corrected chi connectivity index (χ1v) is 6.16. The molecule has 0 aromatic heterocycles. The van der Waals surface area contributed by atoms with Gasteiger partial charge in [-0.25, -0.2) is 0 Å². The van der Waals surface area contributed by atoms with Crippen molar-refractivity contribution in [2.45, 2.75) is 12.8 Å². The Balaban J connectivity index is 2.19. The molecule has 1 unspecified atom stereocenters. The van der Waals surface area contributed by atoms with E-state index in [0.717, 1.165) is 12.8 Å². The number of Topliss-reactive ketones (excluding diaryl/α,β-unsaturated/α-hetero) is 1. The Kier molecular flexibility index (Phi) is 2.62. The standard InChI is InChI=1S/C14H13NO4/c1-19-9-4-2-3-8-12(9)15-11(7-5-6-7)10(13(8)16)14(17)18/h2-4,7,10H,5-6H2,1H3,(H,17,18). The molecule has 1 fully saturated rings. The highest BCUT2D eigenvalue weighted by Gasteiger charge is 2.44. The van der Waals surface area contributed by atoms with Gasteiger partial charge in [0.25, 0.3) is 0 Å². The average molecular weight is 259 g/mol. The Morgan fingerprint density at radius 2 is 2.16 bits per heavy atom. The van der Waals surface area contributed by atoms with Crippen molar-refractivity contribution in [3.8, 4) is 5.75 Å². The first-order valence-electron chi connectivity index (χ1n) is 6.16. The van der Waals surface area contributed by atoms with Crippen LogP contribution in [-0.4, -0.2) is 29.7 Å². The van der Waals surface area contributed by atoms with E-state index >= 15 is 0 Å². The number of ketones is 1. The predicted octanol–water partition coefficient (Wildman–Crippen LogP) is 2.07. The third kappa shape index (κ3) is 1.82. The van der Waals surface area contributed by atoms with Crippen LogP contribution in [0.3, 0.4) is 0 Å². The summed E-state index contributed by atoms with van der Waals surface area (Å²) in [6.07, 6.45) is 1.81. The maximum atomic E-state index is 12.4. The van der Waals surface area contributed by atoms with Crippen molar-refractivity contribution in [2.75, 3.05) is 7.11 Å². The summed E-state index contributed by atoms with van der Waals surface area (Å²) >= 11 is 0. The fraction of sp³-hybridized carbons (Fsp3) is 0.357. The number of aliphatic imine (C=N–C) groups is 1. The summed E-state index contributed by atoms with van der Waals surface area (Å²) in [5.74, 6) is -2.01. The molecule has 19 heavy (non-hydrogen) atoms. The molecule has 0 spiro atoms. The largest absolute Gasteiger partial charge is 0.494 e. The molecule has 1 aromatic carbocycles. The number of ether oxygens (including phenoxy) is 1. The van der Waals surface area contributed by atoms with Gasteiger partial charge in [0.2, 0.25) is 0 Å². The van der Waals surface area contributed by atoms with Crippen LogP contribution in [-0.2, 0) is 4.79 Å². The van der Waals surface area contributed by atoms with Crippen LogP contribution in [0.2, 0.25) is 0 Å². The summed E-state index contributed by atoms with van der Waals surface area (Å²) in [5, 5.41) is 9.27. The fourth-order valence-electron chi connectivity index (χ4n) is 2.43. The van der Waals surface area contributed by atoms with E-state index in [4.69, 9.17) is 4.74 Å². The van der Waals surface area contributed by atoms with E-state index in [1.807, 2.05) is 0 Å². The molecule has 5 nitrogen and oxygen atoms in total. The van der Waals surface area contributed by atoms with Crippen molar-refractivity contribution in [3.05, 3.63) is 23.8 Å². The number of hydrogen-bond donors (Lipinski definition) is 1. The smallest absolute Gasteiger partial charge is 0.320 e. The second-order valence-electron chi connectivity index (χ2n) is 4.80. The van der Waals surface area contributed by atoms with E-state index in [2.05, 4.69) is 4.99 Å². The molecule has 5 heteroatoms. The summed E-state index contributed by atoms with van der Waals surface area (Å²) in [7, 11) is 1.51. The van der Waals surface area contributed by atoms with Crippen LogP contribution in [0.1, 0.15) is 23.2 Å². The van der Waals surface area contributed by atoms with Crippen molar-refractivity contribution in [1.29, 1.82) is 0 Å². The summed E-state index contributed by atoms with van der Waals surface area (Å²) in [6.45, 7) is 0. The molecule has 1 atom stereocenters.